The Kier molecular flexibility index (Phi) is 5.95. The molecule has 0 saturated heterocycles. The number of amides is 1. The fourth-order valence-corrected chi connectivity index (χ4v) is 4.83. The maximum Gasteiger partial charge on any atom is 0.258 e. The van der Waals surface area contributed by atoms with Crippen LogP contribution in [0.4, 0.5) is 0 Å². The topological polar surface area (TPSA) is 29.5 Å². The molecule has 0 N–H and O–H groups in total. The number of methoxy groups -OCH3 is 1. The second kappa shape index (κ2) is 9.33. The number of nitrogens with zero attached hydrogens (tertiary/aromatic N) is 1. The van der Waals surface area contributed by atoms with E-state index < -0.39 is 0 Å². The van der Waals surface area contributed by atoms with Crippen LogP contribution < -0.4 is 4.74 Å². The van der Waals surface area contributed by atoms with Gasteiger partial charge in [0.25, 0.3) is 5.91 Å². The fraction of sp³-hybridized carbons (Fsp3) is 0.167. The van der Waals surface area contributed by atoms with E-state index in [0.29, 0.717) is 17.9 Å². The standard InChI is InChI=1S/C30H27NO2/c1-33-29-27(23-13-6-3-7-14-23)17-10-18-28(29)30(32)31(21-22-11-4-2-5-12-22)26-19-24-15-8-9-16-25(24)20-26/h2-18,26H,19-21H2,1H3. The van der Waals surface area contributed by atoms with Crippen LogP contribution in [-0.4, -0.2) is 24.0 Å². The molecular weight excluding hydrogens is 406 g/mol. The van der Waals surface area contributed by atoms with Crippen LogP contribution in [0, 0.1) is 0 Å². The van der Waals surface area contributed by atoms with Gasteiger partial charge in [-0.15, -0.1) is 0 Å². The highest BCUT2D eigenvalue weighted by Gasteiger charge is 2.32. The lowest BCUT2D eigenvalue weighted by molar-refractivity contribution is 0.0664. The van der Waals surface area contributed by atoms with E-state index in [1.54, 1.807) is 7.11 Å². The van der Waals surface area contributed by atoms with Crippen LogP contribution in [-0.2, 0) is 19.4 Å². The van der Waals surface area contributed by atoms with Gasteiger partial charge in [-0.25, -0.2) is 0 Å². The van der Waals surface area contributed by atoms with Crippen molar-refractivity contribution in [1.29, 1.82) is 0 Å². The molecule has 0 bridgehead atoms. The summed E-state index contributed by atoms with van der Waals surface area (Å²) in [5.74, 6) is 0.633. The Morgan fingerprint density at radius 2 is 1.39 bits per heavy atom. The number of carbonyl (C=O) groups is 1. The number of carbonyl (C=O) groups excluding carboxylic acids is 1. The predicted molar refractivity (Wildman–Crippen MR) is 132 cm³/mol. The third-order valence-electron chi connectivity index (χ3n) is 6.46. The van der Waals surface area contributed by atoms with Crippen LogP contribution in [0.5, 0.6) is 5.75 Å². The zero-order chi connectivity index (χ0) is 22.6. The molecule has 1 aliphatic rings. The van der Waals surface area contributed by atoms with Crippen molar-refractivity contribution in [2.75, 3.05) is 7.11 Å². The Morgan fingerprint density at radius 1 is 0.788 bits per heavy atom. The molecule has 0 spiro atoms. The summed E-state index contributed by atoms with van der Waals surface area (Å²) in [6, 6.07) is 34.8. The van der Waals surface area contributed by atoms with Crippen LogP contribution in [0.25, 0.3) is 11.1 Å². The molecule has 0 heterocycles. The average Bonchev–Trinajstić information content (AvgIpc) is 3.31. The smallest absolute Gasteiger partial charge is 0.258 e. The van der Waals surface area contributed by atoms with Crippen molar-refractivity contribution in [2.24, 2.45) is 0 Å². The predicted octanol–water partition coefficient (Wildman–Crippen LogP) is 6.17. The first-order chi connectivity index (χ1) is 16.2. The number of fused-ring (bicyclic) bond motifs is 1. The van der Waals surface area contributed by atoms with Gasteiger partial charge in [0.2, 0.25) is 0 Å². The minimum atomic E-state index is 0.00582. The maximum absolute atomic E-state index is 14.1. The molecule has 0 unspecified atom stereocenters. The molecule has 3 heteroatoms. The minimum absolute atomic E-state index is 0.00582. The van der Waals surface area contributed by atoms with E-state index in [9.17, 15) is 4.79 Å². The maximum atomic E-state index is 14.1. The van der Waals surface area contributed by atoms with Gasteiger partial charge in [-0.05, 0) is 41.2 Å². The molecule has 0 radical (unpaired) electrons. The van der Waals surface area contributed by atoms with Crippen molar-refractivity contribution >= 4 is 5.91 Å². The van der Waals surface area contributed by atoms with Crippen LogP contribution in [0.1, 0.15) is 27.0 Å². The first-order valence-electron chi connectivity index (χ1n) is 11.4. The van der Waals surface area contributed by atoms with Crippen LogP contribution in [0.2, 0.25) is 0 Å². The van der Waals surface area contributed by atoms with Crippen molar-refractivity contribution < 1.29 is 9.53 Å². The van der Waals surface area contributed by atoms with Crippen molar-refractivity contribution in [3.8, 4) is 16.9 Å². The normalized spacial score (nSPS) is 12.9. The summed E-state index contributed by atoms with van der Waals surface area (Å²) >= 11 is 0. The molecular formula is C30H27NO2. The molecule has 33 heavy (non-hydrogen) atoms. The molecule has 1 aliphatic carbocycles. The van der Waals surface area contributed by atoms with Gasteiger partial charge in [0.1, 0.15) is 5.75 Å². The van der Waals surface area contributed by atoms with Gasteiger partial charge in [-0.2, -0.15) is 0 Å². The van der Waals surface area contributed by atoms with E-state index >= 15 is 0 Å². The first-order valence-corrected chi connectivity index (χ1v) is 11.4. The van der Waals surface area contributed by atoms with Gasteiger partial charge in [0.05, 0.1) is 12.7 Å². The Hall–Kier alpha value is -3.85. The second-order valence-electron chi connectivity index (χ2n) is 8.50. The van der Waals surface area contributed by atoms with Crippen molar-refractivity contribution in [2.45, 2.75) is 25.4 Å². The first kappa shape index (κ1) is 21.0. The third-order valence-corrected chi connectivity index (χ3v) is 6.46. The van der Waals surface area contributed by atoms with Crippen molar-refractivity contribution in [1.82, 2.24) is 4.90 Å². The summed E-state index contributed by atoms with van der Waals surface area (Å²) in [5, 5.41) is 0. The molecule has 1 amide bonds. The Morgan fingerprint density at radius 3 is 2.03 bits per heavy atom. The summed E-state index contributed by atoms with van der Waals surface area (Å²) in [7, 11) is 1.64. The zero-order valence-corrected chi connectivity index (χ0v) is 18.8. The molecule has 164 valence electrons. The fourth-order valence-electron chi connectivity index (χ4n) is 4.83. The van der Waals surface area contributed by atoms with Gasteiger partial charge >= 0.3 is 0 Å². The molecule has 0 saturated carbocycles. The summed E-state index contributed by atoms with van der Waals surface area (Å²) in [4.78, 5) is 16.1. The highest BCUT2D eigenvalue weighted by Crippen LogP contribution is 2.35. The van der Waals surface area contributed by atoms with Crippen LogP contribution in [0.15, 0.2) is 103 Å². The van der Waals surface area contributed by atoms with Crippen LogP contribution >= 0.6 is 0 Å². The minimum Gasteiger partial charge on any atom is -0.495 e. The second-order valence-corrected chi connectivity index (χ2v) is 8.50. The SMILES string of the molecule is COc1c(C(=O)N(Cc2ccccc2)C2Cc3ccccc3C2)cccc1-c1ccccc1. The summed E-state index contributed by atoms with van der Waals surface area (Å²) in [5.41, 5.74) is 6.35. The molecule has 0 aliphatic heterocycles. The quantitative estimate of drug-likeness (QED) is 0.364. The van der Waals surface area contributed by atoms with E-state index in [2.05, 4.69) is 36.4 Å². The van der Waals surface area contributed by atoms with Crippen LogP contribution in [0.3, 0.4) is 0 Å². The highest BCUT2D eigenvalue weighted by atomic mass is 16.5. The zero-order valence-electron chi connectivity index (χ0n) is 18.8. The Labute approximate surface area is 195 Å². The van der Waals surface area contributed by atoms with Gasteiger partial charge in [-0.1, -0.05) is 97.1 Å². The average molecular weight is 434 g/mol. The number of ether oxygens (including phenoxy) is 1. The van der Waals surface area contributed by atoms with Gasteiger partial charge in [0.15, 0.2) is 0 Å². The number of benzene rings is 4. The van der Waals surface area contributed by atoms with E-state index in [1.165, 1.54) is 11.1 Å². The van der Waals surface area contributed by atoms with Gasteiger partial charge in [0, 0.05) is 18.2 Å². The van der Waals surface area contributed by atoms with E-state index in [-0.39, 0.29) is 11.9 Å². The Bertz CT molecular complexity index is 1230. The monoisotopic (exact) mass is 433 g/mol. The lowest BCUT2D eigenvalue weighted by atomic mass is 9.99. The number of hydrogen-bond donors (Lipinski definition) is 0. The molecule has 3 nitrogen and oxygen atoms in total. The number of rotatable bonds is 6. The van der Waals surface area contributed by atoms with Gasteiger partial charge < -0.3 is 9.64 Å². The molecule has 5 rings (SSSR count). The lowest BCUT2D eigenvalue weighted by Crippen LogP contribution is -2.40. The molecule has 0 aromatic heterocycles. The Balaban J connectivity index is 1.54. The number of hydrogen-bond acceptors (Lipinski definition) is 2. The molecule has 4 aromatic carbocycles. The molecule has 0 atom stereocenters. The third kappa shape index (κ3) is 4.27. The van der Waals surface area contributed by atoms with Gasteiger partial charge in [-0.3, -0.25) is 4.79 Å². The van der Waals surface area contributed by atoms with E-state index in [0.717, 1.165) is 29.5 Å². The largest absolute Gasteiger partial charge is 0.495 e. The molecule has 4 aromatic rings. The highest BCUT2D eigenvalue weighted by molar-refractivity contribution is 5.99. The summed E-state index contributed by atoms with van der Waals surface area (Å²) in [6.45, 7) is 0.567. The summed E-state index contributed by atoms with van der Waals surface area (Å²) in [6.07, 6.45) is 1.74. The molecule has 0 fully saturated rings. The van der Waals surface area contributed by atoms with E-state index in [4.69, 9.17) is 4.74 Å². The van der Waals surface area contributed by atoms with Crippen molar-refractivity contribution in [3.63, 3.8) is 0 Å². The summed E-state index contributed by atoms with van der Waals surface area (Å²) < 4.78 is 5.83. The number of para-hydroxylation sites is 1. The van der Waals surface area contributed by atoms with Crippen molar-refractivity contribution in [3.05, 3.63) is 125 Å². The van der Waals surface area contributed by atoms with E-state index in [1.807, 2.05) is 71.6 Å². The lowest BCUT2D eigenvalue weighted by Gasteiger charge is -2.30.